The lowest BCUT2D eigenvalue weighted by atomic mass is 9.71. The van der Waals surface area contributed by atoms with Crippen LogP contribution < -0.4 is 10.6 Å². The van der Waals surface area contributed by atoms with Gasteiger partial charge in [-0.1, -0.05) is 13.8 Å². The predicted molar refractivity (Wildman–Crippen MR) is 49.1 cm³/mol. The number of alkyl halides is 2. The second kappa shape index (κ2) is 3.88. The molecule has 2 rings (SSSR count). The predicted octanol–water partition coefficient (Wildman–Crippen LogP) is 1.23. The fourth-order valence-corrected chi connectivity index (χ4v) is 1.81. The monoisotopic (exact) mass is 192 g/mol. The summed E-state index contributed by atoms with van der Waals surface area (Å²) in [5.41, 5.74) is -0.710. The average Bonchev–Trinajstić information content (AvgIpc) is 2.04. The van der Waals surface area contributed by atoms with Gasteiger partial charge in [-0.05, 0) is 13.0 Å². The van der Waals surface area contributed by atoms with Crippen LogP contribution in [0, 0.1) is 5.41 Å². The number of rotatable bonds is 0. The normalized spacial score (nSPS) is 28.6. The van der Waals surface area contributed by atoms with E-state index < -0.39 is 11.3 Å². The molecular weight excluding hydrogens is 174 g/mol. The molecule has 2 aliphatic rings. The van der Waals surface area contributed by atoms with Crippen molar-refractivity contribution in [3.8, 4) is 0 Å². The van der Waals surface area contributed by atoms with Gasteiger partial charge in [0.2, 0.25) is 0 Å². The number of piperidine rings is 1. The Morgan fingerprint density at radius 3 is 1.92 bits per heavy atom. The van der Waals surface area contributed by atoms with E-state index in [-0.39, 0.29) is 6.54 Å². The first-order valence-corrected chi connectivity index (χ1v) is 4.96. The minimum atomic E-state index is -2.50. The van der Waals surface area contributed by atoms with Crippen molar-refractivity contribution in [1.29, 1.82) is 0 Å². The summed E-state index contributed by atoms with van der Waals surface area (Å²) in [6, 6.07) is 0. The van der Waals surface area contributed by atoms with Crippen LogP contribution in [0.15, 0.2) is 0 Å². The summed E-state index contributed by atoms with van der Waals surface area (Å²) >= 11 is 0. The lowest BCUT2D eigenvalue weighted by Gasteiger charge is -2.50. The molecule has 78 valence electrons. The van der Waals surface area contributed by atoms with Crippen LogP contribution >= 0.6 is 0 Å². The maximum Gasteiger partial charge on any atom is 0.268 e. The van der Waals surface area contributed by atoms with Crippen molar-refractivity contribution in [2.75, 3.05) is 26.2 Å². The van der Waals surface area contributed by atoms with Crippen molar-refractivity contribution in [2.45, 2.75) is 26.2 Å². The fourth-order valence-electron chi connectivity index (χ4n) is 1.81. The highest BCUT2D eigenvalue weighted by atomic mass is 19.3. The van der Waals surface area contributed by atoms with Crippen LogP contribution in [0.4, 0.5) is 8.78 Å². The highest BCUT2D eigenvalue weighted by Gasteiger charge is 2.58. The minimum Gasteiger partial charge on any atom is -0.315 e. The highest BCUT2D eigenvalue weighted by molar-refractivity contribution is 5.05. The Morgan fingerprint density at radius 2 is 1.62 bits per heavy atom. The van der Waals surface area contributed by atoms with Crippen molar-refractivity contribution >= 4 is 0 Å². The maximum atomic E-state index is 13.2. The van der Waals surface area contributed by atoms with Gasteiger partial charge in [-0.25, -0.2) is 8.78 Å². The van der Waals surface area contributed by atoms with Gasteiger partial charge in [-0.3, -0.25) is 0 Å². The van der Waals surface area contributed by atoms with E-state index in [1.54, 1.807) is 0 Å². The van der Waals surface area contributed by atoms with E-state index in [9.17, 15) is 8.78 Å². The zero-order valence-corrected chi connectivity index (χ0v) is 8.29. The first-order chi connectivity index (χ1) is 6.16. The van der Waals surface area contributed by atoms with Crippen LogP contribution in [-0.4, -0.2) is 32.1 Å². The second-order valence-electron chi connectivity index (χ2n) is 3.52. The highest BCUT2D eigenvalue weighted by Crippen LogP contribution is 2.44. The van der Waals surface area contributed by atoms with E-state index in [1.807, 2.05) is 13.8 Å². The SMILES string of the molecule is CC.FC1(F)CNCCC12CNC2. The van der Waals surface area contributed by atoms with Crippen molar-refractivity contribution in [3.05, 3.63) is 0 Å². The summed E-state index contributed by atoms with van der Waals surface area (Å²) in [5, 5.41) is 5.64. The van der Waals surface area contributed by atoms with Crippen LogP contribution in [0.2, 0.25) is 0 Å². The third-order valence-corrected chi connectivity index (χ3v) is 2.83. The van der Waals surface area contributed by atoms with Gasteiger partial charge < -0.3 is 10.6 Å². The molecule has 1 spiro atoms. The topological polar surface area (TPSA) is 24.1 Å². The molecule has 0 aromatic heterocycles. The van der Waals surface area contributed by atoms with Gasteiger partial charge >= 0.3 is 0 Å². The van der Waals surface area contributed by atoms with E-state index >= 15 is 0 Å². The first-order valence-electron chi connectivity index (χ1n) is 4.96. The van der Waals surface area contributed by atoms with Crippen molar-refractivity contribution < 1.29 is 8.78 Å². The summed E-state index contributed by atoms with van der Waals surface area (Å²) in [4.78, 5) is 0. The molecule has 0 saturated carbocycles. The van der Waals surface area contributed by atoms with Gasteiger partial charge in [0.15, 0.2) is 0 Å². The molecule has 4 heteroatoms. The Labute approximate surface area is 78.1 Å². The molecule has 2 aliphatic heterocycles. The number of nitrogens with one attached hydrogen (secondary N) is 2. The largest absolute Gasteiger partial charge is 0.315 e. The standard InChI is InChI=1S/C7H12F2N2.C2H6/c8-7(9)5-10-2-1-6(7)3-11-4-6;1-2/h10-11H,1-5H2;1-2H3. The average molecular weight is 192 g/mol. The van der Waals surface area contributed by atoms with Crippen LogP contribution in [-0.2, 0) is 0 Å². The quantitative estimate of drug-likeness (QED) is 0.603. The summed E-state index contributed by atoms with van der Waals surface area (Å²) < 4.78 is 26.4. The molecule has 0 radical (unpaired) electrons. The van der Waals surface area contributed by atoms with Crippen LogP contribution in [0.25, 0.3) is 0 Å². The molecule has 0 bridgehead atoms. The van der Waals surface area contributed by atoms with Gasteiger partial charge in [-0.15, -0.1) is 0 Å². The summed E-state index contributed by atoms with van der Waals surface area (Å²) in [6.07, 6.45) is 0.604. The number of halogens is 2. The van der Waals surface area contributed by atoms with E-state index in [0.29, 0.717) is 19.5 Å². The smallest absolute Gasteiger partial charge is 0.268 e. The summed E-state index contributed by atoms with van der Waals surface area (Å²) in [7, 11) is 0. The zero-order chi connectivity index (χ0) is 9.95. The number of hydrogen-bond acceptors (Lipinski definition) is 2. The lowest BCUT2D eigenvalue weighted by Crippen LogP contribution is -2.68. The molecular formula is C9H18F2N2. The molecule has 0 aromatic rings. The number of hydrogen-bond donors (Lipinski definition) is 2. The van der Waals surface area contributed by atoms with Crippen molar-refractivity contribution in [3.63, 3.8) is 0 Å². The van der Waals surface area contributed by atoms with Gasteiger partial charge in [0.25, 0.3) is 5.92 Å². The Hall–Kier alpha value is -0.220. The second-order valence-corrected chi connectivity index (χ2v) is 3.52. The van der Waals surface area contributed by atoms with E-state index in [0.717, 1.165) is 6.54 Å². The van der Waals surface area contributed by atoms with Gasteiger partial charge in [0.1, 0.15) is 0 Å². The van der Waals surface area contributed by atoms with Crippen LogP contribution in [0.1, 0.15) is 20.3 Å². The fraction of sp³-hybridized carbons (Fsp3) is 1.00. The first kappa shape index (κ1) is 10.9. The van der Waals surface area contributed by atoms with Crippen LogP contribution in [0.3, 0.4) is 0 Å². The molecule has 2 saturated heterocycles. The minimum absolute atomic E-state index is 0.144. The molecule has 0 atom stereocenters. The molecule has 0 aliphatic carbocycles. The molecule has 0 aromatic carbocycles. The maximum absolute atomic E-state index is 13.2. The summed E-state index contributed by atoms with van der Waals surface area (Å²) in [6.45, 7) is 5.56. The Balaban J connectivity index is 0.000000396. The lowest BCUT2D eigenvalue weighted by molar-refractivity contribution is -0.161. The van der Waals surface area contributed by atoms with Gasteiger partial charge in [0.05, 0.1) is 12.0 Å². The molecule has 2 fully saturated rings. The molecule has 2 N–H and O–H groups in total. The summed E-state index contributed by atoms with van der Waals surface area (Å²) in [5.74, 6) is -2.50. The Kier molecular flexibility index (Phi) is 3.24. The molecule has 2 heterocycles. The van der Waals surface area contributed by atoms with E-state index in [1.165, 1.54) is 0 Å². The van der Waals surface area contributed by atoms with Gasteiger partial charge in [0, 0.05) is 13.1 Å². The Morgan fingerprint density at radius 1 is 1.00 bits per heavy atom. The van der Waals surface area contributed by atoms with Crippen LogP contribution in [0.5, 0.6) is 0 Å². The molecule has 0 amide bonds. The molecule has 2 nitrogen and oxygen atoms in total. The third-order valence-electron chi connectivity index (χ3n) is 2.83. The third kappa shape index (κ3) is 1.70. The van der Waals surface area contributed by atoms with Crippen molar-refractivity contribution in [1.82, 2.24) is 10.6 Å². The van der Waals surface area contributed by atoms with E-state index in [4.69, 9.17) is 0 Å². The van der Waals surface area contributed by atoms with E-state index in [2.05, 4.69) is 10.6 Å². The molecule has 13 heavy (non-hydrogen) atoms. The zero-order valence-electron chi connectivity index (χ0n) is 8.29. The van der Waals surface area contributed by atoms with Crippen molar-refractivity contribution in [2.24, 2.45) is 5.41 Å². The van der Waals surface area contributed by atoms with Gasteiger partial charge in [-0.2, -0.15) is 0 Å². The Bertz CT molecular complexity index is 167. The molecule has 0 unspecified atom stereocenters.